The Morgan fingerprint density at radius 2 is 1.87 bits per heavy atom. The number of rotatable bonds is 9. The van der Waals surface area contributed by atoms with Crippen LogP contribution in [-0.2, 0) is 25.5 Å². The van der Waals surface area contributed by atoms with Crippen molar-refractivity contribution in [2.75, 3.05) is 13.7 Å². The molecule has 5 atom stereocenters. The number of allylic oxidation sites excluding steroid dienone is 2. The Balaban J connectivity index is 0.00000400. The summed E-state index contributed by atoms with van der Waals surface area (Å²) in [6, 6.07) is 6.13. The van der Waals surface area contributed by atoms with Gasteiger partial charge in [-0.3, -0.25) is 14.4 Å². The van der Waals surface area contributed by atoms with E-state index in [0.29, 0.717) is 32.3 Å². The number of carbonyl (C=O) groups is 3. The summed E-state index contributed by atoms with van der Waals surface area (Å²) in [5.41, 5.74) is 1.80. The van der Waals surface area contributed by atoms with Crippen LogP contribution in [0.15, 0.2) is 49.6 Å². The van der Waals surface area contributed by atoms with E-state index in [2.05, 4.69) is 41.2 Å². The molecule has 9 heteroatoms. The summed E-state index contributed by atoms with van der Waals surface area (Å²) in [5.74, 6) is -0.736. The Bertz CT molecular complexity index is 1040. The van der Waals surface area contributed by atoms with Crippen molar-refractivity contribution >= 4 is 30.1 Å². The largest absolute Gasteiger partial charge is 0.358 e. The minimum Gasteiger partial charge on any atom is -0.358 e. The normalized spacial score (nSPS) is 26.6. The van der Waals surface area contributed by atoms with Gasteiger partial charge in [0.1, 0.15) is 18.3 Å². The molecule has 38 heavy (non-hydrogen) atoms. The fourth-order valence-electron chi connectivity index (χ4n) is 6.22. The first-order chi connectivity index (χ1) is 17.8. The number of nitrogens with one attached hydrogen (secondary N) is 3. The Hall–Kier alpha value is -2.68. The molecule has 1 aliphatic carbocycles. The lowest BCUT2D eigenvalue weighted by atomic mass is 9.73. The average Bonchev–Trinajstić information content (AvgIpc) is 3.13. The number of likely N-dealkylation sites (N-methyl/N-ethyl adjacent to an activating group) is 1. The number of ether oxygens (including phenoxy) is 1. The zero-order valence-electron chi connectivity index (χ0n) is 22.4. The molecule has 3 aliphatic rings. The molecular weight excluding hydrogens is 504 g/mol. The summed E-state index contributed by atoms with van der Waals surface area (Å²) in [6.07, 6.45) is 7.84. The second kappa shape index (κ2) is 12.9. The first-order valence-electron chi connectivity index (χ1n) is 13.4. The summed E-state index contributed by atoms with van der Waals surface area (Å²) in [5, 5.41) is 9.07. The van der Waals surface area contributed by atoms with E-state index in [1.165, 1.54) is 5.56 Å². The predicted octanol–water partition coefficient (Wildman–Crippen LogP) is 3.18. The molecule has 0 saturated carbocycles. The van der Waals surface area contributed by atoms with Crippen molar-refractivity contribution in [1.82, 2.24) is 20.9 Å². The highest BCUT2D eigenvalue weighted by Gasteiger charge is 2.58. The van der Waals surface area contributed by atoms with Crippen molar-refractivity contribution in [2.45, 2.75) is 82.3 Å². The van der Waals surface area contributed by atoms with E-state index in [1.54, 1.807) is 18.9 Å². The highest BCUT2D eigenvalue weighted by atomic mass is 35.5. The van der Waals surface area contributed by atoms with E-state index in [0.717, 1.165) is 24.8 Å². The molecule has 1 aromatic carbocycles. The lowest BCUT2D eigenvalue weighted by Crippen LogP contribution is -2.59. The van der Waals surface area contributed by atoms with Crippen molar-refractivity contribution in [3.63, 3.8) is 0 Å². The van der Waals surface area contributed by atoms with E-state index in [-0.39, 0.29) is 36.2 Å². The predicted molar refractivity (Wildman–Crippen MR) is 150 cm³/mol. The quantitative estimate of drug-likeness (QED) is 0.415. The van der Waals surface area contributed by atoms with Crippen molar-refractivity contribution in [2.24, 2.45) is 5.41 Å². The number of hydrogen-bond acceptors (Lipinski definition) is 5. The fourth-order valence-corrected chi connectivity index (χ4v) is 6.22. The Kier molecular flexibility index (Phi) is 10.2. The van der Waals surface area contributed by atoms with Crippen LogP contribution in [0.2, 0.25) is 0 Å². The van der Waals surface area contributed by atoms with Crippen LogP contribution in [0, 0.1) is 5.41 Å². The van der Waals surface area contributed by atoms with Gasteiger partial charge in [0, 0.05) is 18.3 Å². The van der Waals surface area contributed by atoms with E-state index in [1.807, 2.05) is 24.3 Å². The van der Waals surface area contributed by atoms with Gasteiger partial charge in [-0.05, 0) is 57.2 Å². The molecule has 2 saturated heterocycles. The number of amides is 3. The first kappa shape index (κ1) is 29.9. The maximum absolute atomic E-state index is 14.2. The topological polar surface area (TPSA) is 99.8 Å². The van der Waals surface area contributed by atoms with Crippen LogP contribution in [0.3, 0.4) is 0 Å². The van der Waals surface area contributed by atoms with Crippen LogP contribution in [0.25, 0.3) is 0 Å². The lowest BCUT2D eigenvalue weighted by Gasteiger charge is -2.38. The van der Waals surface area contributed by atoms with Gasteiger partial charge < -0.3 is 25.6 Å². The van der Waals surface area contributed by atoms with Crippen LogP contribution >= 0.6 is 12.4 Å². The highest BCUT2D eigenvalue weighted by Crippen LogP contribution is 2.48. The average molecular weight is 545 g/mol. The second-order valence-electron chi connectivity index (χ2n) is 10.5. The molecule has 1 aromatic rings. The van der Waals surface area contributed by atoms with Gasteiger partial charge in [0.2, 0.25) is 17.7 Å². The molecule has 8 nitrogen and oxygen atoms in total. The molecule has 0 bridgehead atoms. The van der Waals surface area contributed by atoms with Crippen LogP contribution in [0.1, 0.15) is 62.6 Å². The van der Waals surface area contributed by atoms with Crippen molar-refractivity contribution in [3.8, 4) is 0 Å². The number of carbonyl (C=O) groups excluding carboxylic acids is 3. The van der Waals surface area contributed by atoms with Gasteiger partial charge in [0.05, 0.1) is 18.7 Å². The minimum atomic E-state index is -0.769. The molecule has 0 aromatic heterocycles. The van der Waals surface area contributed by atoms with Gasteiger partial charge >= 0.3 is 0 Å². The Labute approximate surface area is 232 Å². The first-order valence-corrected chi connectivity index (χ1v) is 13.4. The fraction of sp³-hybridized carbons (Fsp3) is 0.552. The number of fused-ring (bicyclic) bond motifs is 2. The van der Waals surface area contributed by atoms with Gasteiger partial charge in [-0.15, -0.1) is 25.6 Å². The smallest absolute Gasteiger partial charge is 0.247 e. The van der Waals surface area contributed by atoms with Crippen molar-refractivity contribution < 1.29 is 19.1 Å². The Morgan fingerprint density at radius 1 is 1.16 bits per heavy atom. The summed E-state index contributed by atoms with van der Waals surface area (Å²) in [7, 11) is 1.70. The summed E-state index contributed by atoms with van der Waals surface area (Å²) in [6.45, 7) is 9.96. The maximum atomic E-state index is 14.2. The van der Waals surface area contributed by atoms with E-state index < -0.39 is 29.8 Å². The van der Waals surface area contributed by atoms with Crippen LogP contribution < -0.4 is 16.0 Å². The molecule has 3 N–H and O–H groups in total. The van der Waals surface area contributed by atoms with E-state index >= 15 is 0 Å². The third kappa shape index (κ3) is 5.82. The number of benzene rings is 1. The molecule has 1 unspecified atom stereocenters. The zero-order valence-corrected chi connectivity index (χ0v) is 23.2. The molecule has 4 rings (SSSR count). The maximum Gasteiger partial charge on any atom is 0.247 e. The third-order valence-corrected chi connectivity index (χ3v) is 8.20. The molecule has 208 valence electrons. The van der Waals surface area contributed by atoms with Gasteiger partial charge in [-0.25, -0.2) is 0 Å². The van der Waals surface area contributed by atoms with Crippen LogP contribution in [-0.4, -0.2) is 60.6 Å². The van der Waals surface area contributed by atoms with Crippen LogP contribution in [0.4, 0.5) is 0 Å². The summed E-state index contributed by atoms with van der Waals surface area (Å²) < 4.78 is 6.16. The lowest BCUT2D eigenvalue weighted by molar-refractivity contribution is -0.150. The third-order valence-electron chi connectivity index (χ3n) is 8.20. The molecule has 3 amide bonds. The Morgan fingerprint density at radius 3 is 2.55 bits per heavy atom. The van der Waals surface area contributed by atoms with Crippen molar-refractivity contribution in [3.05, 3.63) is 60.7 Å². The second-order valence-corrected chi connectivity index (χ2v) is 10.5. The summed E-state index contributed by atoms with van der Waals surface area (Å²) in [4.78, 5) is 42.3. The van der Waals surface area contributed by atoms with Crippen LogP contribution in [0.5, 0.6) is 0 Å². The molecular formula is C29H41ClN4O4. The van der Waals surface area contributed by atoms with Crippen molar-refractivity contribution in [1.29, 1.82) is 0 Å². The SMILES string of the molecule is C=CCC1(CC=C)C[C@@H]2OCC[C@H](NC(=O)[C@H](C)NC)C(=O)N2C1C(=O)N[C@@H]1CCCc2ccccc21.Cl. The molecule has 0 radical (unpaired) electrons. The van der Waals surface area contributed by atoms with Gasteiger partial charge in [-0.1, -0.05) is 36.4 Å². The molecule has 2 aliphatic heterocycles. The molecule has 2 heterocycles. The molecule has 0 spiro atoms. The van der Waals surface area contributed by atoms with Gasteiger partial charge in [0.25, 0.3) is 0 Å². The van der Waals surface area contributed by atoms with Gasteiger partial charge in [0.15, 0.2) is 0 Å². The van der Waals surface area contributed by atoms with E-state index in [9.17, 15) is 14.4 Å². The number of nitrogens with zero attached hydrogens (tertiary/aromatic N) is 1. The monoisotopic (exact) mass is 544 g/mol. The van der Waals surface area contributed by atoms with Gasteiger partial charge in [-0.2, -0.15) is 0 Å². The zero-order chi connectivity index (χ0) is 26.6. The van der Waals surface area contributed by atoms with E-state index in [4.69, 9.17) is 4.74 Å². The number of aryl methyl sites for hydroxylation is 1. The number of hydrogen-bond donors (Lipinski definition) is 3. The number of halogens is 1. The highest BCUT2D eigenvalue weighted by molar-refractivity contribution is 5.94. The standard InChI is InChI=1S/C29H40N4O4.ClH/c1-5-15-29(16-6-2)18-24-33(28(36)23(14-17-37-24)32-26(34)19(3)30-4)25(29)27(35)31-22-13-9-11-20-10-7-8-12-21(20)22;/h5-8,10,12,19,22-25,30H,1-2,9,11,13-18H2,3-4H3,(H,31,35)(H,32,34);1H/t19-,22+,23-,24-,25?;/m0./s1. The summed E-state index contributed by atoms with van der Waals surface area (Å²) >= 11 is 0. The minimum absolute atomic E-state index is 0. The molecule has 2 fully saturated rings.